The normalized spacial score (nSPS) is 25.9. The van der Waals surface area contributed by atoms with Gasteiger partial charge in [-0.25, -0.2) is 14.2 Å². The lowest BCUT2D eigenvalue weighted by Gasteiger charge is -2.49. The molecule has 2 saturated heterocycles. The maximum atomic E-state index is 14.5. The molecule has 51 heavy (non-hydrogen) atoms. The van der Waals surface area contributed by atoms with E-state index in [0.29, 0.717) is 50.5 Å². The van der Waals surface area contributed by atoms with Crippen molar-refractivity contribution in [3.05, 3.63) is 53.0 Å². The molecule has 1 aromatic carbocycles. The molecular weight excluding hydrogens is 655 g/mol. The number of amides is 3. The second-order valence-electron chi connectivity index (χ2n) is 15.8. The highest BCUT2D eigenvalue weighted by Crippen LogP contribution is 2.36. The van der Waals surface area contributed by atoms with E-state index in [1.54, 1.807) is 21.9 Å². The minimum atomic E-state index is -0.630. The average Bonchev–Trinajstić information content (AvgIpc) is 3.87. The van der Waals surface area contributed by atoms with Crippen molar-refractivity contribution < 1.29 is 33.0 Å². The molecule has 0 radical (unpaired) electrons. The summed E-state index contributed by atoms with van der Waals surface area (Å²) in [5.74, 6) is -0.516. The third-order valence-electron chi connectivity index (χ3n) is 10.1. The monoisotopic (exact) mass is 708 g/mol. The summed E-state index contributed by atoms with van der Waals surface area (Å²) < 4.78 is 31.4. The highest BCUT2D eigenvalue weighted by atomic mass is 19.1. The summed E-state index contributed by atoms with van der Waals surface area (Å²) in [7, 11) is 0. The SMILES string of the molecule is C[C@@H]1CN(CC(=O)N2c3cc(Cc4ccc(F)cc4)c(C(=O)NC4CC4)nc3OC[C@@H]2C)[C@@H](CN2[C@H](C)COC[C@H]2C)CN1C(=O)OC(C)(C)C. The number of nitrogens with zero attached hydrogens (tertiary/aromatic N) is 5. The van der Waals surface area contributed by atoms with Crippen molar-refractivity contribution in [1.29, 1.82) is 0 Å². The van der Waals surface area contributed by atoms with Crippen molar-refractivity contribution >= 4 is 23.6 Å². The Bertz CT molecular complexity index is 1590. The number of aromatic nitrogens is 1. The number of morpholine rings is 1. The van der Waals surface area contributed by atoms with Crippen molar-refractivity contribution in [3.63, 3.8) is 0 Å². The summed E-state index contributed by atoms with van der Waals surface area (Å²) in [5.41, 5.74) is 1.56. The number of halogens is 1. The van der Waals surface area contributed by atoms with Gasteiger partial charge < -0.3 is 29.3 Å². The first-order valence-electron chi connectivity index (χ1n) is 18.3. The van der Waals surface area contributed by atoms with Crippen LogP contribution in [0.5, 0.6) is 5.88 Å². The van der Waals surface area contributed by atoms with Crippen LogP contribution in [0.1, 0.15) is 82.9 Å². The van der Waals surface area contributed by atoms with Gasteiger partial charge in [0.05, 0.1) is 25.8 Å². The number of carbonyl (C=O) groups excluding carboxylic acids is 3. The smallest absolute Gasteiger partial charge is 0.410 e. The van der Waals surface area contributed by atoms with Crippen molar-refractivity contribution in [1.82, 2.24) is 25.0 Å². The molecule has 278 valence electrons. The van der Waals surface area contributed by atoms with E-state index in [9.17, 15) is 18.8 Å². The highest BCUT2D eigenvalue weighted by molar-refractivity contribution is 5.99. The van der Waals surface area contributed by atoms with Crippen LogP contribution in [-0.2, 0) is 20.7 Å². The number of nitrogens with one attached hydrogen (secondary N) is 1. The van der Waals surface area contributed by atoms with E-state index in [1.807, 2.05) is 40.7 Å². The summed E-state index contributed by atoms with van der Waals surface area (Å²) in [6.07, 6.45) is 1.82. The Kier molecular flexibility index (Phi) is 10.9. The van der Waals surface area contributed by atoms with Crippen LogP contribution in [-0.4, -0.2) is 125 Å². The van der Waals surface area contributed by atoms with E-state index in [0.717, 1.165) is 18.4 Å². The predicted octanol–water partition coefficient (Wildman–Crippen LogP) is 4.24. The van der Waals surface area contributed by atoms with Crippen molar-refractivity contribution in [2.75, 3.05) is 50.9 Å². The van der Waals surface area contributed by atoms with Gasteiger partial charge in [-0.2, -0.15) is 0 Å². The highest BCUT2D eigenvalue weighted by Gasteiger charge is 2.41. The van der Waals surface area contributed by atoms with Crippen molar-refractivity contribution in [2.45, 2.75) is 110 Å². The first-order chi connectivity index (χ1) is 24.2. The summed E-state index contributed by atoms with van der Waals surface area (Å²) >= 11 is 0. The molecule has 0 bridgehead atoms. The Hall–Kier alpha value is -3.81. The Morgan fingerprint density at radius 1 is 0.961 bits per heavy atom. The molecule has 12 nitrogen and oxygen atoms in total. The Morgan fingerprint density at radius 2 is 1.65 bits per heavy atom. The molecule has 1 N–H and O–H groups in total. The molecule has 4 aliphatic rings. The molecule has 1 aromatic heterocycles. The fourth-order valence-corrected chi connectivity index (χ4v) is 7.27. The number of rotatable bonds is 8. The first kappa shape index (κ1) is 37.0. The molecule has 0 spiro atoms. The third kappa shape index (κ3) is 8.81. The van der Waals surface area contributed by atoms with E-state index in [1.165, 1.54) is 12.1 Å². The van der Waals surface area contributed by atoms with E-state index in [2.05, 4.69) is 29.0 Å². The second-order valence-corrected chi connectivity index (χ2v) is 15.8. The second kappa shape index (κ2) is 15.0. The zero-order valence-corrected chi connectivity index (χ0v) is 31.0. The minimum absolute atomic E-state index is 0.116. The van der Waals surface area contributed by atoms with Crippen LogP contribution in [0, 0.1) is 5.82 Å². The third-order valence-corrected chi connectivity index (χ3v) is 10.1. The lowest BCUT2D eigenvalue weighted by atomic mass is 10.0. The molecule has 1 aliphatic carbocycles. The topological polar surface area (TPSA) is 117 Å². The first-order valence-corrected chi connectivity index (χ1v) is 18.3. The van der Waals surface area contributed by atoms with Gasteiger partial charge in [-0.15, -0.1) is 0 Å². The number of anilines is 1. The summed E-state index contributed by atoms with van der Waals surface area (Å²) in [6, 6.07) is 7.87. The number of hydrogen-bond donors (Lipinski definition) is 1. The lowest BCUT2D eigenvalue weighted by molar-refractivity contribution is -0.123. The molecule has 5 atom stereocenters. The molecule has 2 aromatic rings. The van der Waals surface area contributed by atoms with Gasteiger partial charge in [0.25, 0.3) is 5.91 Å². The Labute approximate surface area is 300 Å². The average molecular weight is 709 g/mol. The number of carbonyl (C=O) groups is 3. The Balaban J connectivity index is 1.29. The van der Waals surface area contributed by atoms with E-state index in [4.69, 9.17) is 19.2 Å². The van der Waals surface area contributed by atoms with Crippen LogP contribution in [0.25, 0.3) is 0 Å². The lowest BCUT2D eigenvalue weighted by Crippen LogP contribution is -2.65. The van der Waals surface area contributed by atoms with Gasteiger partial charge in [0.15, 0.2) is 0 Å². The number of fused-ring (bicyclic) bond motifs is 1. The van der Waals surface area contributed by atoms with Crippen LogP contribution in [0.15, 0.2) is 30.3 Å². The molecular formula is C38H53FN6O6. The molecule has 13 heteroatoms. The van der Waals surface area contributed by atoms with Crippen LogP contribution in [0.3, 0.4) is 0 Å². The van der Waals surface area contributed by atoms with Gasteiger partial charge in [0, 0.05) is 49.8 Å². The minimum Gasteiger partial charge on any atom is -0.474 e. The zero-order valence-electron chi connectivity index (χ0n) is 31.0. The molecule has 3 fully saturated rings. The summed E-state index contributed by atoms with van der Waals surface area (Å²) in [5, 5.41) is 3.03. The zero-order chi connectivity index (χ0) is 36.6. The number of benzene rings is 1. The number of ether oxygens (including phenoxy) is 3. The maximum absolute atomic E-state index is 14.5. The van der Waals surface area contributed by atoms with Crippen LogP contribution < -0.4 is 15.0 Å². The van der Waals surface area contributed by atoms with E-state index < -0.39 is 5.60 Å². The molecule has 0 unspecified atom stereocenters. The summed E-state index contributed by atoms with van der Waals surface area (Å²) in [6.45, 7) is 17.0. The standard InChI is InChI=1S/C38H53FN6O6/c1-23-16-42(31(17-43-24(2)20-49-21-25(43)3)18-44(23)37(48)51-38(5,6)7)19-33(46)45-26(4)22-50-36-32(45)15-28(14-27-8-10-29(39)11-9-27)34(41-36)35(47)40-30-12-13-30/h8-11,15,23-26,30-31H,12-14,16-22H2,1-7H3,(H,40,47)/t23-,24-,25-,26+,31+/m1/s1. The van der Waals surface area contributed by atoms with Gasteiger partial charge in [0.2, 0.25) is 11.8 Å². The Morgan fingerprint density at radius 3 is 2.29 bits per heavy atom. The van der Waals surface area contributed by atoms with Crippen molar-refractivity contribution in [3.8, 4) is 5.88 Å². The molecule has 3 amide bonds. The van der Waals surface area contributed by atoms with Crippen LogP contribution >= 0.6 is 0 Å². The number of pyridine rings is 1. The number of hydrogen-bond acceptors (Lipinski definition) is 9. The fourth-order valence-electron chi connectivity index (χ4n) is 7.27. The fraction of sp³-hybridized carbons (Fsp3) is 0.632. The van der Waals surface area contributed by atoms with Crippen LogP contribution in [0.4, 0.5) is 14.9 Å². The van der Waals surface area contributed by atoms with Gasteiger partial charge in [-0.1, -0.05) is 12.1 Å². The number of piperazine rings is 1. The van der Waals surface area contributed by atoms with Crippen LogP contribution in [0.2, 0.25) is 0 Å². The largest absolute Gasteiger partial charge is 0.474 e. The molecule has 6 rings (SSSR count). The van der Waals surface area contributed by atoms with Crippen molar-refractivity contribution in [2.24, 2.45) is 0 Å². The molecule has 3 aliphatic heterocycles. The van der Waals surface area contributed by atoms with E-state index >= 15 is 0 Å². The van der Waals surface area contributed by atoms with Gasteiger partial charge in [0.1, 0.15) is 29.4 Å². The quantitative estimate of drug-likeness (QED) is 0.430. The predicted molar refractivity (Wildman–Crippen MR) is 191 cm³/mol. The maximum Gasteiger partial charge on any atom is 0.410 e. The molecule has 4 heterocycles. The van der Waals surface area contributed by atoms with Gasteiger partial charge >= 0.3 is 6.09 Å². The van der Waals surface area contributed by atoms with Gasteiger partial charge in [-0.05, 0) is 97.1 Å². The summed E-state index contributed by atoms with van der Waals surface area (Å²) in [4.78, 5) is 54.1. The molecule has 1 saturated carbocycles. The van der Waals surface area contributed by atoms with Gasteiger partial charge in [-0.3, -0.25) is 19.4 Å². The van der Waals surface area contributed by atoms with E-state index in [-0.39, 0.29) is 84.7 Å².